The molecule has 0 fully saturated rings. The topological polar surface area (TPSA) is 95.1 Å². The second kappa shape index (κ2) is 6.55. The number of rotatable bonds is 6. The number of anilines is 1. The molecular weight excluding hydrogens is 258 g/mol. The molecule has 0 atom stereocenters. The van der Waals surface area contributed by atoms with Crippen LogP contribution in [-0.4, -0.2) is 33.8 Å². The van der Waals surface area contributed by atoms with Crippen LogP contribution in [0.1, 0.15) is 5.82 Å². The fourth-order valence-corrected chi connectivity index (χ4v) is 1.65. The number of aryl methyl sites for hydroxylation is 1. The normalized spacial score (nSPS) is 10.2. The zero-order valence-electron chi connectivity index (χ0n) is 11.2. The molecule has 1 aromatic carbocycles. The van der Waals surface area contributed by atoms with Gasteiger partial charge in [0.05, 0.1) is 0 Å². The molecule has 0 unspecified atom stereocenters. The Morgan fingerprint density at radius 1 is 1.50 bits per heavy atom. The van der Waals surface area contributed by atoms with E-state index >= 15 is 0 Å². The van der Waals surface area contributed by atoms with Crippen molar-refractivity contribution >= 4 is 11.6 Å². The number of ether oxygens (including phenoxy) is 1. The van der Waals surface area contributed by atoms with Gasteiger partial charge in [-0.05, 0) is 12.1 Å². The van der Waals surface area contributed by atoms with E-state index in [0.29, 0.717) is 24.4 Å². The van der Waals surface area contributed by atoms with E-state index in [1.165, 1.54) is 0 Å². The Hall–Kier alpha value is -2.57. The maximum absolute atomic E-state index is 11.6. The minimum Gasteiger partial charge on any atom is -0.484 e. The van der Waals surface area contributed by atoms with Crippen LogP contribution in [0.15, 0.2) is 30.6 Å². The van der Waals surface area contributed by atoms with Crippen molar-refractivity contribution in [3.05, 3.63) is 36.4 Å². The maximum Gasteiger partial charge on any atom is 0.257 e. The van der Waals surface area contributed by atoms with E-state index in [2.05, 4.69) is 15.5 Å². The van der Waals surface area contributed by atoms with Gasteiger partial charge in [-0.1, -0.05) is 6.07 Å². The lowest BCUT2D eigenvalue weighted by Gasteiger charge is -2.07. The predicted octanol–water partition coefficient (Wildman–Crippen LogP) is 0.135. The molecule has 0 spiro atoms. The van der Waals surface area contributed by atoms with E-state index in [1.54, 1.807) is 30.6 Å². The van der Waals surface area contributed by atoms with Gasteiger partial charge < -0.3 is 20.4 Å². The molecule has 2 aromatic rings. The summed E-state index contributed by atoms with van der Waals surface area (Å²) in [6.07, 6.45) is 2.25. The van der Waals surface area contributed by atoms with Gasteiger partial charge in [0.1, 0.15) is 17.9 Å². The number of aromatic nitrogens is 3. The molecule has 1 amide bonds. The number of carbonyl (C=O) groups is 1. The van der Waals surface area contributed by atoms with E-state index in [9.17, 15) is 4.79 Å². The first-order valence-corrected chi connectivity index (χ1v) is 6.23. The molecule has 0 aliphatic rings. The Labute approximate surface area is 116 Å². The highest BCUT2D eigenvalue weighted by Crippen LogP contribution is 2.13. The van der Waals surface area contributed by atoms with E-state index in [0.717, 1.165) is 5.82 Å². The number of benzene rings is 1. The smallest absolute Gasteiger partial charge is 0.257 e. The van der Waals surface area contributed by atoms with Crippen LogP contribution in [0.4, 0.5) is 5.69 Å². The summed E-state index contributed by atoms with van der Waals surface area (Å²) in [4.78, 5) is 11.6. The van der Waals surface area contributed by atoms with Crippen LogP contribution in [0.3, 0.4) is 0 Å². The molecular formula is C13H17N5O2. The molecule has 0 aliphatic carbocycles. The number of nitrogens with zero attached hydrogens (tertiary/aromatic N) is 3. The van der Waals surface area contributed by atoms with Gasteiger partial charge in [0.15, 0.2) is 6.61 Å². The van der Waals surface area contributed by atoms with Gasteiger partial charge in [0, 0.05) is 31.8 Å². The van der Waals surface area contributed by atoms with Crippen LogP contribution in [0, 0.1) is 0 Å². The van der Waals surface area contributed by atoms with Crippen molar-refractivity contribution in [2.24, 2.45) is 7.05 Å². The van der Waals surface area contributed by atoms with Crippen LogP contribution < -0.4 is 15.8 Å². The number of hydrogen-bond donors (Lipinski definition) is 2. The third-order valence-electron chi connectivity index (χ3n) is 2.70. The van der Waals surface area contributed by atoms with E-state index in [-0.39, 0.29) is 12.5 Å². The van der Waals surface area contributed by atoms with Crippen LogP contribution in [0.5, 0.6) is 5.75 Å². The van der Waals surface area contributed by atoms with Crippen molar-refractivity contribution in [1.82, 2.24) is 20.1 Å². The van der Waals surface area contributed by atoms with Crippen LogP contribution in [0.25, 0.3) is 0 Å². The largest absolute Gasteiger partial charge is 0.484 e. The van der Waals surface area contributed by atoms with Gasteiger partial charge in [-0.15, -0.1) is 10.2 Å². The Morgan fingerprint density at radius 3 is 3.05 bits per heavy atom. The number of amides is 1. The molecule has 1 heterocycles. The Kier molecular flexibility index (Phi) is 4.54. The average molecular weight is 275 g/mol. The van der Waals surface area contributed by atoms with Gasteiger partial charge in [-0.2, -0.15) is 0 Å². The average Bonchev–Trinajstić information content (AvgIpc) is 2.82. The van der Waals surface area contributed by atoms with Crippen LogP contribution >= 0.6 is 0 Å². The highest BCUT2D eigenvalue weighted by molar-refractivity contribution is 5.77. The fraction of sp³-hybridized carbons (Fsp3) is 0.308. The van der Waals surface area contributed by atoms with Crippen LogP contribution in [0.2, 0.25) is 0 Å². The first-order chi connectivity index (χ1) is 9.65. The molecule has 2 rings (SSSR count). The zero-order chi connectivity index (χ0) is 14.4. The maximum atomic E-state index is 11.6. The third-order valence-corrected chi connectivity index (χ3v) is 2.70. The van der Waals surface area contributed by atoms with E-state index < -0.39 is 0 Å². The Balaban J connectivity index is 1.69. The number of nitrogens with one attached hydrogen (secondary N) is 1. The molecule has 7 heteroatoms. The van der Waals surface area contributed by atoms with Gasteiger partial charge in [0.25, 0.3) is 5.91 Å². The van der Waals surface area contributed by atoms with Gasteiger partial charge >= 0.3 is 0 Å². The lowest BCUT2D eigenvalue weighted by atomic mass is 10.3. The molecule has 1 aromatic heterocycles. The summed E-state index contributed by atoms with van der Waals surface area (Å²) in [5, 5.41) is 10.5. The van der Waals surface area contributed by atoms with Gasteiger partial charge in [0.2, 0.25) is 0 Å². The standard InChI is InChI=1S/C13H17N5O2/c1-18-9-16-17-12(18)5-6-15-13(19)8-20-11-4-2-3-10(14)7-11/h2-4,7,9H,5-6,8,14H2,1H3,(H,15,19). The van der Waals surface area contributed by atoms with Crippen LogP contribution in [-0.2, 0) is 18.3 Å². The molecule has 0 bridgehead atoms. The summed E-state index contributed by atoms with van der Waals surface area (Å²) < 4.78 is 7.15. The number of nitrogen functional groups attached to an aromatic ring is 1. The van der Waals surface area contributed by atoms with E-state index in [4.69, 9.17) is 10.5 Å². The van der Waals surface area contributed by atoms with Crippen molar-refractivity contribution in [2.75, 3.05) is 18.9 Å². The van der Waals surface area contributed by atoms with Crippen molar-refractivity contribution < 1.29 is 9.53 Å². The quantitative estimate of drug-likeness (QED) is 0.731. The summed E-state index contributed by atoms with van der Waals surface area (Å²) in [5.41, 5.74) is 6.22. The highest BCUT2D eigenvalue weighted by atomic mass is 16.5. The first-order valence-electron chi connectivity index (χ1n) is 6.23. The third kappa shape index (κ3) is 3.98. The highest BCUT2D eigenvalue weighted by Gasteiger charge is 2.04. The molecule has 7 nitrogen and oxygen atoms in total. The SMILES string of the molecule is Cn1cnnc1CCNC(=O)COc1cccc(N)c1. The summed E-state index contributed by atoms with van der Waals surface area (Å²) in [5.74, 6) is 1.21. The molecule has 106 valence electrons. The van der Waals surface area contributed by atoms with Gasteiger partial charge in [-0.25, -0.2) is 0 Å². The summed E-state index contributed by atoms with van der Waals surface area (Å²) in [6.45, 7) is 0.452. The second-order valence-corrected chi connectivity index (χ2v) is 4.32. The summed E-state index contributed by atoms with van der Waals surface area (Å²) in [7, 11) is 1.86. The Morgan fingerprint density at radius 2 is 2.35 bits per heavy atom. The van der Waals surface area contributed by atoms with Crippen molar-refractivity contribution in [2.45, 2.75) is 6.42 Å². The minimum atomic E-state index is -0.186. The Bertz CT molecular complexity index is 582. The summed E-state index contributed by atoms with van der Waals surface area (Å²) >= 11 is 0. The predicted molar refractivity (Wildman–Crippen MR) is 74.1 cm³/mol. The van der Waals surface area contributed by atoms with Crippen molar-refractivity contribution in [1.29, 1.82) is 0 Å². The first kappa shape index (κ1) is 13.9. The van der Waals surface area contributed by atoms with E-state index in [1.807, 2.05) is 11.6 Å². The molecule has 20 heavy (non-hydrogen) atoms. The molecule has 0 saturated carbocycles. The number of nitrogens with two attached hydrogens (primary N) is 1. The number of carbonyl (C=O) groups excluding carboxylic acids is 1. The lowest BCUT2D eigenvalue weighted by molar-refractivity contribution is -0.123. The summed E-state index contributed by atoms with van der Waals surface area (Å²) in [6, 6.07) is 6.96. The number of hydrogen-bond acceptors (Lipinski definition) is 5. The zero-order valence-corrected chi connectivity index (χ0v) is 11.2. The van der Waals surface area contributed by atoms with Gasteiger partial charge in [-0.3, -0.25) is 4.79 Å². The molecule has 3 N–H and O–H groups in total. The monoisotopic (exact) mass is 275 g/mol. The second-order valence-electron chi connectivity index (χ2n) is 4.32. The lowest BCUT2D eigenvalue weighted by Crippen LogP contribution is -2.31. The van der Waals surface area contributed by atoms with Crippen molar-refractivity contribution in [3.8, 4) is 5.75 Å². The van der Waals surface area contributed by atoms with Crippen molar-refractivity contribution in [3.63, 3.8) is 0 Å². The molecule has 0 aliphatic heterocycles. The minimum absolute atomic E-state index is 0.0394. The molecule has 0 radical (unpaired) electrons. The molecule has 0 saturated heterocycles. The fourth-order valence-electron chi connectivity index (χ4n) is 1.65.